The van der Waals surface area contributed by atoms with Gasteiger partial charge in [-0.3, -0.25) is 4.79 Å². The molecule has 1 aromatic heterocycles. The summed E-state index contributed by atoms with van der Waals surface area (Å²) in [5.74, 6) is -0.0457. The number of anilines is 1. The second-order valence-corrected chi connectivity index (χ2v) is 5.78. The Hall–Kier alpha value is -2.95. The zero-order chi connectivity index (χ0) is 17.1. The van der Waals surface area contributed by atoms with Gasteiger partial charge in [-0.05, 0) is 43.7 Å². The minimum atomic E-state index is -0.369. The van der Waals surface area contributed by atoms with E-state index < -0.39 is 0 Å². The molecule has 5 heteroatoms. The van der Waals surface area contributed by atoms with Crippen molar-refractivity contribution >= 4 is 11.7 Å². The van der Waals surface area contributed by atoms with Gasteiger partial charge in [0, 0.05) is 11.6 Å². The summed E-state index contributed by atoms with van der Waals surface area (Å²) in [6, 6.07) is 15.4. The first-order chi connectivity index (χ1) is 11.5. The molecule has 3 aromatic rings. The van der Waals surface area contributed by atoms with E-state index in [1.165, 1.54) is 29.8 Å². The van der Waals surface area contributed by atoms with E-state index in [0.29, 0.717) is 17.9 Å². The van der Waals surface area contributed by atoms with Gasteiger partial charge in [0.05, 0.1) is 12.2 Å². The monoisotopic (exact) mass is 323 g/mol. The first kappa shape index (κ1) is 15.9. The summed E-state index contributed by atoms with van der Waals surface area (Å²) in [7, 11) is 0. The van der Waals surface area contributed by atoms with Gasteiger partial charge in [0.25, 0.3) is 5.91 Å². The van der Waals surface area contributed by atoms with E-state index in [1.807, 2.05) is 38.1 Å². The highest BCUT2D eigenvalue weighted by molar-refractivity contribution is 6.03. The fourth-order valence-corrected chi connectivity index (χ4v) is 2.54. The zero-order valence-corrected chi connectivity index (χ0v) is 13.6. The maximum Gasteiger partial charge on any atom is 0.256 e. The van der Waals surface area contributed by atoms with Gasteiger partial charge < -0.3 is 5.32 Å². The summed E-state index contributed by atoms with van der Waals surface area (Å²) in [6.07, 6.45) is 0. The molecule has 0 unspecified atom stereocenters. The first-order valence-electron chi connectivity index (χ1n) is 7.68. The van der Waals surface area contributed by atoms with E-state index in [2.05, 4.69) is 16.5 Å². The molecule has 0 aliphatic carbocycles. The SMILES string of the molecule is Cc1cccc(Cn2nc(C)cc2NC(=O)c2ccc(F)cc2)c1. The topological polar surface area (TPSA) is 46.9 Å². The van der Waals surface area contributed by atoms with Crippen LogP contribution in [0.1, 0.15) is 27.2 Å². The van der Waals surface area contributed by atoms with Crippen molar-refractivity contribution in [1.82, 2.24) is 9.78 Å². The molecule has 0 saturated carbocycles. The summed E-state index contributed by atoms with van der Waals surface area (Å²) < 4.78 is 14.7. The summed E-state index contributed by atoms with van der Waals surface area (Å²) in [5.41, 5.74) is 3.50. The standard InChI is InChI=1S/C19H18FN3O/c1-13-4-3-5-15(10-13)12-23-18(11-14(2)22-23)21-19(24)16-6-8-17(20)9-7-16/h3-11H,12H2,1-2H3,(H,21,24). The maximum absolute atomic E-state index is 13.0. The summed E-state index contributed by atoms with van der Waals surface area (Å²) in [4.78, 5) is 12.3. The number of carbonyl (C=O) groups excluding carboxylic acids is 1. The smallest absolute Gasteiger partial charge is 0.256 e. The van der Waals surface area contributed by atoms with Gasteiger partial charge in [-0.25, -0.2) is 9.07 Å². The van der Waals surface area contributed by atoms with Crippen molar-refractivity contribution in [3.8, 4) is 0 Å². The lowest BCUT2D eigenvalue weighted by molar-refractivity contribution is 0.102. The maximum atomic E-state index is 13.0. The van der Waals surface area contributed by atoms with Crippen molar-refractivity contribution in [1.29, 1.82) is 0 Å². The Kier molecular flexibility index (Phi) is 4.42. The quantitative estimate of drug-likeness (QED) is 0.790. The van der Waals surface area contributed by atoms with Gasteiger partial charge in [-0.1, -0.05) is 29.8 Å². The van der Waals surface area contributed by atoms with Gasteiger partial charge in [-0.2, -0.15) is 5.10 Å². The highest BCUT2D eigenvalue weighted by Crippen LogP contribution is 2.15. The number of rotatable bonds is 4. The molecule has 0 bridgehead atoms. The van der Waals surface area contributed by atoms with Gasteiger partial charge in [0.15, 0.2) is 0 Å². The molecule has 0 atom stereocenters. The zero-order valence-electron chi connectivity index (χ0n) is 13.6. The number of aryl methyl sites for hydroxylation is 2. The van der Waals surface area contributed by atoms with E-state index in [4.69, 9.17) is 0 Å². The van der Waals surface area contributed by atoms with Crippen molar-refractivity contribution in [3.05, 3.63) is 82.8 Å². The second kappa shape index (κ2) is 6.66. The number of hydrogen-bond donors (Lipinski definition) is 1. The Labute approximate surface area is 139 Å². The second-order valence-electron chi connectivity index (χ2n) is 5.78. The minimum Gasteiger partial charge on any atom is -0.307 e. The number of nitrogens with one attached hydrogen (secondary N) is 1. The molecule has 4 nitrogen and oxygen atoms in total. The molecule has 24 heavy (non-hydrogen) atoms. The number of benzene rings is 2. The third-order valence-electron chi connectivity index (χ3n) is 3.66. The lowest BCUT2D eigenvalue weighted by Gasteiger charge is -2.09. The average Bonchev–Trinajstić information content (AvgIpc) is 2.87. The minimum absolute atomic E-state index is 0.291. The Morgan fingerprint density at radius 3 is 2.58 bits per heavy atom. The molecule has 3 rings (SSSR count). The van der Waals surface area contributed by atoms with Crippen LogP contribution >= 0.6 is 0 Å². The normalized spacial score (nSPS) is 10.6. The van der Waals surface area contributed by atoms with Gasteiger partial charge in [0.1, 0.15) is 11.6 Å². The molecule has 0 aliphatic heterocycles. The predicted octanol–water partition coefficient (Wildman–Crippen LogP) is 3.94. The van der Waals surface area contributed by atoms with Crippen molar-refractivity contribution < 1.29 is 9.18 Å². The van der Waals surface area contributed by atoms with E-state index in [9.17, 15) is 9.18 Å². The molecule has 0 fully saturated rings. The fourth-order valence-electron chi connectivity index (χ4n) is 2.54. The van der Waals surface area contributed by atoms with E-state index in [0.717, 1.165) is 11.3 Å². The number of halogens is 1. The molecule has 0 spiro atoms. The van der Waals surface area contributed by atoms with Gasteiger partial charge in [-0.15, -0.1) is 0 Å². The molecule has 1 amide bonds. The third-order valence-corrected chi connectivity index (χ3v) is 3.66. The van der Waals surface area contributed by atoms with Crippen molar-refractivity contribution in [3.63, 3.8) is 0 Å². The molecule has 0 saturated heterocycles. The summed E-state index contributed by atoms with van der Waals surface area (Å²) >= 11 is 0. The van der Waals surface area contributed by atoms with Crippen LogP contribution in [0.5, 0.6) is 0 Å². The van der Waals surface area contributed by atoms with Gasteiger partial charge in [0.2, 0.25) is 0 Å². The van der Waals surface area contributed by atoms with Crippen LogP contribution in [0, 0.1) is 19.7 Å². The highest BCUT2D eigenvalue weighted by atomic mass is 19.1. The van der Waals surface area contributed by atoms with Crippen molar-refractivity contribution in [2.24, 2.45) is 0 Å². The molecular formula is C19H18FN3O. The number of aromatic nitrogens is 2. The van der Waals surface area contributed by atoms with E-state index in [-0.39, 0.29) is 11.7 Å². The van der Waals surface area contributed by atoms with Crippen molar-refractivity contribution in [2.75, 3.05) is 5.32 Å². The van der Waals surface area contributed by atoms with Crippen LogP contribution in [0.25, 0.3) is 0 Å². The summed E-state index contributed by atoms with van der Waals surface area (Å²) in [5, 5.41) is 7.28. The largest absolute Gasteiger partial charge is 0.307 e. The lowest BCUT2D eigenvalue weighted by atomic mass is 10.1. The fraction of sp³-hybridized carbons (Fsp3) is 0.158. The van der Waals surface area contributed by atoms with E-state index >= 15 is 0 Å². The molecule has 2 aromatic carbocycles. The van der Waals surface area contributed by atoms with Crippen LogP contribution < -0.4 is 5.32 Å². The number of amides is 1. The van der Waals surface area contributed by atoms with Crippen LogP contribution in [0.2, 0.25) is 0 Å². The molecule has 0 radical (unpaired) electrons. The van der Waals surface area contributed by atoms with Crippen LogP contribution in [0.3, 0.4) is 0 Å². The number of nitrogens with zero attached hydrogens (tertiary/aromatic N) is 2. The highest BCUT2D eigenvalue weighted by Gasteiger charge is 2.11. The van der Waals surface area contributed by atoms with Crippen molar-refractivity contribution in [2.45, 2.75) is 20.4 Å². The number of hydrogen-bond acceptors (Lipinski definition) is 2. The Morgan fingerprint density at radius 1 is 1.12 bits per heavy atom. The van der Waals surface area contributed by atoms with Crippen LogP contribution in [0.15, 0.2) is 54.6 Å². The molecule has 122 valence electrons. The van der Waals surface area contributed by atoms with E-state index in [1.54, 1.807) is 4.68 Å². The third kappa shape index (κ3) is 3.68. The lowest BCUT2D eigenvalue weighted by Crippen LogP contribution is -2.16. The molecule has 1 heterocycles. The van der Waals surface area contributed by atoms with Crippen LogP contribution in [-0.2, 0) is 6.54 Å². The average molecular weight is 323 g/mol. The predicted molar refractivity (Wildman–Crippen MR) is 91.6 cm³/mol. The Bertz CT molecular complexity index is 869. The molecular weight excluding hydrogens is 305 g/mol. The molecule has 1 N–H and O–H groups in total. The Balaban J connectivity index is 1.81. The number of carbonyl (C=O) groups is 1. The van der Waals surface area contributed by atoms with Crippen LogP contribution in [-0.4, -0.2) is 15.7 Å². The van der Waals surface area contributed by atoms with Gasteiger partial charge >= 0.3 is 0 Å². The molecule has 0 aliphatic rings. The van der Waals surface area contributed by atoms with Crippen LogP contribution in [0.4, 0.5) is 10.2 Å². The first-order valence-corrected chi connectivity index (χ1v) is 7.68. The summed E-state index contributed by atoms with van der Waals surface area (Å²) in [6.45, 7) is 4.48. The Morgan fingerprint density at radius 2 is 1.88 bits per heavy atom.